The number of urea groups is 1. The molecule has 1 heterocycles. The van der Waals surface area contributed by atoms with E-state index in [1.807, 2.05) is 19.1 Å². The average molecular weight is 533 g/mol. The monoisotopic (exact) mass is 533 g/mol. The Kier molecular flexibility index (Phi) is 10.5. The number of carbonyl (C=O) groups excluding carboxylic acids is 1. The van der Waals surface area contributed by atoms with Crippen LogP contribution in [0.5, 0.6) is 11.5 Å². The molecule has 0 spiro atoms. The second-order valence-electron chi connectivity index (χ2n) is 7.89. The average Bonchev–Trinajstić information content (AvgIpc) is 2.72. The Morgan fingerprint density at radius 1 is 1.23 bits per heavy atom. The molecule has 1 aromatic carbocycles. The van der Waals surface area contributed by atoms with E-state index in [9.17, 15) is 4.79 Å². The fourth-order valence-electron chi connectivity index (χ4n) is 3.38. The van der Waals surface area contributed by atoms with Crippen molar-refractivity contribution >= 4 is 36.0 Å². The van der Waals surface area contributed by atoms with Gasteiger partial charge in [-0.15, -0.1) is 24.0 Å². The summed E-state index contributed by atoms with van der Waals surface area (Å²) < 4.78 is 10.8. The van der Waals surface area contributed by atoms with Gasteiger partial charge in [0.2, 0.25) is 0 Å². The first kappa shape index (κ1) is 26.1. The number of guanidine groups is 1. The zero-order valence-corrected chi connectivity index (χ0v) is 21.0. The highest BCUT2D eigenvalue weighted by Gasteiger charge is 2.24. The number of nitrogens with one attached hydrogen (secondary N) is 2. The lowest BCUT2D eigenvalue weighted by atomic mass is 9.84. The summed E-state index contributed by atoms with van der Waals surface area (Å²) in [4.78, 5) is 17.8. The maximum Gasteiger partial charge on any atom is 0.314 e. The van der Waals surface area contributed by atoms with Gasteiger partial charge in [-0.05, 0) is 37.5 Å². The zero-order chi connectivity index (χ0) is 21.4. The van der Waals surface area contributed by atoms with Gasteiger partial charge in [0.1, 0.15) is 0 Å². The predicted octanol–water partition coefficient (Wildman–Crippen LogP) is 2.70. The van der Waals surface area contributed by atoms with Gasteiger partial charge >= 0.3 is 6.03 Å². The van der Waals surface area contributed by atoms with Gasteiger partial charge in [-0.2, -0.15) is 0 Å². The molecular formula is C21H36IN5O3. The fourth-order valence-corrected chi connectivity index (χ4v) is 3.38. The number of halogens is 1. The summed E-state index contributed by atoms with van der Waals surface area (Å²) in [6.07, 6.45) is 1.71. The van der Waals surface area contributed by atoms with Gasteiger partial charge in [0.25, 0.3) is 0 Å². The van der Waals surface area contributed by atoms with E-state index in [1.165, 1.54) is 0 Å². The number of hydrogen-bond donors (Lipinski definition) is 3. The molecule has 0 aromatic heterocycles. The second-order valence-corrected chi connectivity index (χ2v) is 7.89. The maximum absolute atomic E-state index is 11.3. The molecule has 1 fully saturated rings. The van der Waals surface area contributed by atoms with Crippen molar-refractivity contribution in [2.24, 2.45) is 10.7 Å². The van der Waals surface area contributed by atoms with Crippen LogP contribution in [0.1, 0.15) is 39.2 Å². The van der Waals surface area contributed by atoms with Crippen molar-refractivity contribution in [2.45, 2.75) is 45.1 Å². The highest BCUT2D eigenvalue weighted by atomic mass is 127. The van der Waals surface area contributed by atoms with Crippen molar-refractivity contribution in [3.05, 3.63) is 23.8 Å². The van der Waals surface area contributed by atoms with Gasteiger partial charge in [-0.1, -0.05) is 19.9 Å². The molecule has 1 aromatic rings. The van der Waals surface area contributed by atoms with Crippen LogP contribution in [0.2, 0.25) is 0 Å². The van der Waals surface area contributed by atoms with Gasteiger partial charge in [0.05, 0.1) is 20.8 Å². The van der Waals surface area contributed by atoms with Crippen LogP contribution >= 0.6 is 24.0 Å². The number of hydrogen-bond acceptors (Lipinski definition) is 4. The quantitative estimate of drug-likeness (QED) is 0.284. The molecule has 2 rings (SSSR count). The number of nitrogens with two attached hydrogens (primary N) is 1. The molecule has 30 heavy (non-hydrogen) atoms. The first-order chi connectivity index (χ1) is 13.8. The largest absolute Gasteiger partial charge is 0.493 e. The van der Waals surface area contributed by atoms with Crippen LogP contribution in [0, 0.1) is 0 Å². The molecule has 8 nitrogen and oxygen atoms in total. The van der Waals surface area contributed by atoms with E-state index in [-0.39, 0.29) is 41.5 Å². The molecule has 1 saturated heterocycles. The third-order valence-corrected chi connectivity index (χ3v) is 5.29. The summed E-state index contributed by atoms with van der Waals surface area (Å²) in [6.45, 7) is 9.10. The molecule has 0 bridgehead atoms. The van der Waals surface area contributed by atoms with Crippen LogP contribution in [0.4, 0.5) is 4.79 Å². The Hall–Kier alpha value is -1.91. The van der Waals surface area contributed by atoms with Crippen molar-refractivity contribution in [1.82, 2.24) is 15.5 Å². The number of nitrogens with zero attached hydrogens (tertiary/aromatic N) is 2. The number of primary amides is 1. The summed E-state index contributed by atoms with van der Waals surface area (Å²) >= 11 is 0. The van der Waals surface area contributed by atoms with Gasteiger partial charge < -0.3 is 30.7 Å². The van der Waals surface area contributed by atoms with Crippen molar-refractivity contribution in [3.63, 3.8) is 0 Å². The number of benzene rings is 1. The minimum atomic E-state index is -0.347. The Balaban J connectivity index is 0.00000450. The molecule has 4 N–H and O–H groups in total. The molecule has 0 radical (unpaired) electrons. The van der Waals surface area contributed by atoms with E-state index < -0.39 is 0 Å². The first-order valence-corrected chi connectivity index (χ1v) is 10.1. The molecule has 0 aliphatic carbocycles. The fraction of sp³-hybridized carbons (Fsp3) is 0.619. The minimum absolute atomic E-state index is 0. The molecule has 9 heteroatoms. The Morgan fingerprint density at radius 3 is 2.40 bits per heavy atom. The molecule has 1 aliphatic heterocycles. The molecule has 1 aliphatic rings. The van der Waals surface area contributed by atoms with Crippen LogP contribution in [0.25, 0.3) is 0 Å². The first-order valence-electron chi connectivity index (χ1n) is 10.1. The van der Waals surface area contributed by atoms with E-state index in [0.29, 0.717) is 31.1 Å². The minimum Gasteiger partial charge on any atom is -0.493 e. The lowest BCUT2D eigenvalue weighted by molar-refractivity contribution is 0.188. The standard InChI is InChI=1S/C21H35N5O3.HI/c1-6-23-20(25-16-9-11-26(12-10-16)19(22)27)24-14-21(2,3)15-7-8-17(28-4)18(13-15)29-5;/h7-8,13,16H,6,9-12,14H2,1-5H3,(H2,22,27)(H2,23,24,25);1H. The molecule has 0 saturated carbocycles. The smallest absolute Gasteiger partial charge is 0.314 e. The number of likely N-dealkylation sites (tertiary alicyclic amines) is 1. The van der Waals surface area contributed by atoms with Gasteiger partial charge in [-0.3, -0.25) is 4.99 Å². The molecular weight excluding hydrogens is 497 g/mol. The van der Waals surface area contributed by atoms with Crippen LogP contribution in [0.3, 0.4) is 0 Å². The van der Waals surface area contributed by atoms with Crippen molar-refractivity contribution in [1.29, 1.82) is 0 Å². The van der Waals surface area contributed by atoms with Crippen LogP contribution in [0.15, 0.2) is 23.2 Å². The van der Waals surface area contributed by atoms with Crippen LogP contribution < -0.4 is 25.8 Å². The summed E-state index contributed by atoms with van der Waals surface area (Å²) in [5, 5.41) is 6.81. The number of carbonyl (C=O) groups is 1. The third kappa shape index (κ3) is 7.10. The number of amides is 2. The number of ether oxygens (including phenoxy) is 2. The Morgan fingerprint density at radius 2 is 1.87 bits per heavy atom. The number of rotatable bonds is 7. The van der Waals surface area contributed by atoms with Gasteiger partial charge in [-0.25, -0.2) is 4.79 Å². The zero-order valence-electron chi connectivity index (χ0n) is 18.7. The van der Waals surface area contributed by atoms with Gasteiger partial charge in [0, 0.05) is 31.1 Å². The summed E-state index contributed by atoms with van der Waals surface area (Å²) in [7, 11) is 3.28. The van der Waals surface area contributed by atoms with E-state index in [4.69, 9.17) is 20.2 Å². The highest BCUT2D eigenvalue weighted by molar-refractivity contribution is 14.0. The Bertz CT molecular complexity index is 719. The second kappa shape index (κ2) is 12.1. The third-order valence-electron chi connectivity index (χ3n) is 5.29. The normalized spacial score (nSPS) is 15.2. The topological polar surface area (TPSA) is 101 Å². The van der Waals surface area contributed by atoms with Crippen molar-refractivity contribution in [2.75, 3.05) is 40.4 Å². The SMILES string of the molecule is CCNC(=NCC(C)(C)c1ccc(OC)c(OC)c1)NC1CCN(C(N)=O)CC1.I. The van der Waals surface area contributed by atoms with Crippen LogP contribution in [-0.2, 0) is 5.41 Å². The molecule has 170 valence electrons. The van der Waals surface area contributed by atoms with E-state index in [0.717, 1.165) is 30.9 Å². The van der Waals surface area contributed by atoms with E-state index in [1.54, 1.807) is 19.1 Å². The Labute approximate surface area is 197 Å². The summed E-state index contributed by atoms with van der Waals surface area (Å²) in [5.41, 5.74) is 6.31. The lowest BCUT2D eigenvalue weighted by Gasteiger charge is -2.32. The van der Waals surface area contributed by atoms with Crippen molar-refractivity contribution < 1.29 is 14.3 Å². The number of aliphatic imine (C=N–C) groups is 1. The summed E-state index contributed by atoms with van der Waals surface area (Å²) in [5.74, 6) is 2.22. The van der Waals surface area contributed by atoms with E-state index in [2.05, 4.69) is 30.5 Å². The lowest BCUT2D eigenvalue weighted by Crippen LogP contribution is -2.51. The van der Waals surface area contributed by atoms with Gasteiger partial charge in [0.15, 0.2) is 17.5 Å². The molecule has 0 unspecified atom stereocenters. The maximum atomic E-state index is 11.3. The van der Waals surface area contributed by atoms with E-state index >= 15 is 0 Å². The predicted molar refractivity (Wildman–Crippen MR) is 131 cm³/mol. The number of piperidine rings is 1. The summed E-state index contributed by atoms with van der Waals surface area (Å²) in [6, 6.07) is 5.91. The highest BCUT2D eigenvalue weighted by Crippen LogP contribution is 2.33. The van der Waals surface area contributed by atoms with Crippen LogP contribution in [-0.4, -0.2) is 63.3 Å². The molecule has 0 atom stereocenters. The molecule has 2 amide bonds. The van der Waals surface area contributed by atoms with Crippen molar-refractivity contribution in [3.8, 4) is 11.5 Å². The number of methoxy groups -OCH3 is 2.